The summed E-state index contributed by atoms with van der Waals surface area (Å²) in [5.41, 5.74) is 3.22. The van der Waals surface area contributed by atoms with Crippen molar-refractivity contribution in [1.29, 1.82) is 0 Å². The minimum atomic E-state index is 0.168. The van der Waals surface area contributed by atoms with Gasteiger partial charge in [-0.05, 0) is 63.9 Å². The summed E-state index contributed by atoms with van der Waals surface area (Å²) in [6.07, 6.45) is 8.90. The molecule has 1 atom stereocenters. The molecule has 138 valence electrons. The molecular weight excluding hydrogens is 326 g/mol. The zero-order valence-electron chi connectivity index (χ0n) is 15.7. The lowest BCUT2D eigenvalue weighted by atomic mass is 10.0. The van der Waals surface area contributed by atoms with Gasteiger partial charge in [-0.3, -0.25) is 4.79 Å². The van der Waals surface area contributed by atoms with Crippen LogP contribution in [0.4, 0.5) is 0 Å². The second kappa shape index (κ2) is 6.07. The van der Waals surface area contributed by atoms with Crippen molar-refractivity contribution in [2.24, 2.45) is 5.92 Å². The van der Waals surface area contributed by atoms with Crippen LogP contribution in [0.2, 0.25) is 0 Å². The van der Waals surface area contributed by atoms with Crippen LogP contribution < -0.4 is 0 Å². The minimum absolute atomic E-state index is 0.168. The molecule has 0 aromatic carbocycles. The number of hydrogen-bond acceptors (Lipinski definition) is 4. The third-order valence-corrected chi connectivity index (χ3v) is 6.17. The predicted molar refractivity (Wildman–Crippen MR) is 99.2 cm³/mol. The van der Waals surface area contributed by atoms with Gasteiger partial charge in [-0.2, -0.15) is 0 Å². The van der Waals surface area contributed by atoms with Crippen LogP contribution in [0.5, 0.6) is 0 Å². The van der Waals surface area contributed by atoms with Crippen LogP contribution in [0.3, 0.4) is 0 Å². The molecule has 0 spiro atoms. The van der Waals surface area contributed by atoms with Gasteiger partial charge in [0.2, 0.25) is 0 Å². The lowest BCUT2D eigenvalue weighted by Gasteiger charge is -2.30. The highest BCUT2D eigenvalue weighted by atomic mass is 16.5. The Bertz CT molecular complexity index is 846. The van der Waals surface area contributed by atoms with E-state index in [1.807, 2.05) is 6.07 Å². The van der Waals surface area contributed by atoms with Gasteiger partial charge in [0, 0.05) is 23.7 Å². The van der Waals surface area contributed by atoms with Crippen molar-refractivity contribution in [2.45, 2.75) is 83.2 Å². The molecule has 2 heterocycles. The normalized spacial score (nSPS) is 21.2. The lowest BCUT2D eigenvalue weighted by Crippen LogP contribution is -2.41. The van der Waals surface area contributed by atoms with Gasteiger partial charge in [0.25, 0.3) is 11.6 Å². The molecule has 5 heteroatoms. The molecule has 2 aromatic heterocycles. The summed E-state index contributed by atoms with van der Waals surface area (Å²) in [4.78, 5) is 20.6. The zero-order chi connectivity index (χ0) is 17.8. The van der Waals surface area contributed by atoms with E-state index in [-0.39, 0.29) is 5.91 Å². The number of carbonyl (C=O) groups excluding carboxylic acids is 1. The molecule has 26 heavy (non-hydrogen) atoms. The SMILES string of the molecule is CCCc1noc2nc(C3CC3)cc(C(=O)N(C3CC3)C(C)C3CC3)c12. The van der Waals surface area contributed by atoms with Crippen molar-refractivity contribution in [3.63, 3.8) is 0 Å². The fourth-order valence-electron chi connectivity index (χ4n) is 4.17. The van der Waals surface area contributed by atoms with Crippen molar-refractivity contribution in [1.82, 2.24) is 15.0 Å². The van der Waals surface area contributed by atoms with Crippen molar-refractivity contribution in [3.05, 3.63) is 23.0 Å². The molecular formula is C21H27N3O2. The van der Waals surface area contributed by atoms with Gasteiger partial charge in [0.1, 0.15) is 0 Å². The van der Waals surface area contributed by atoms with E-state index in [1.165, 1.54) is 12.8 Å². The fourth-order valence-corrected chi connectivity index (χ4v) is 4.17. The molecule has 3 aliphatic rings. The second-order valence-electron chi connectivity index (χ2n) is 8.45. The van der Waals surface area contributed by atoms with Crippen LogP contribution in [-0.2, 0) is 6.42 Å². The summed E-state index contributed by atoms with van der Waals surface area (Å²) in [6.45, 7) is 4.36. The van der Waals surface area contributed by atoms with Crippen LogP contribution in [-0.4, -0.2) is 33.0 Å². The average molecular weight is 353 g/mol. The molecule has 3 fully saturated rings. The van der Waals surface area contributed by atoms with Crippen molar-refractivity contribution in [2.75, 3.05) is 0 Å². The van der Waals surface area contributed by atoms with Gasteiger partial charge in [0.15, 0.2) is 0 Å². The number of rotatable bonds is 7. The smallest absolute Gasteiger partial charge is 0.259 e. The molecule has 1 unspecified atom stereocenters. The van der Waals surface area contributed by atoms with Gasteiger partial charge < -0.3 is 9.42 Å². The van der Waals surface area contributed by atoms with E-state index in [0.717, 1.165) is 60.9 Å². The highest BCUT2D eigenvalue weighted by Gasteiger charge is 2.43. The maximum Gasteiger partial charge on any atom is 0.259 e. The summed E-state index contributed by atoms with van der Waals surface area (Å²) in [6, 6.07) is 2.80. The maximum atomic E-state index is 13.7. The Morgan fingerprint density at radius 1 is 1.27 bits per heavy atom. The molecule has 3 saturated carbocycles. The first-order valence-corrected chi connectivity index (χ1v) is 10.3. The Morgan fingerprint density at radius 2 is 2.04 bits per heavy atom. The van der Waals surface area contributed by atoms with E-state index < -0.39 is 0 Å². The molecule has 0 radical (unpaired) electrons. The van der Waals surface area contributed by atoms with Crippen LogP contribution in [0, 0.1) is 5.92 Å². The van der Waals surface area contributed by atoms with Crippen LogP contribution in [0.15, 0.2) is 10.6 Å². The molecule has 5 rings (SSSR count). The number of aromatic nitrogens is 2. The highest BCUT2D eigenvalue weighted by molar-refractivity contribution is 6.06. The molecule has 1 amide bonds. The maximum absolute atomic E-state index is 13.7. The summed E-state index contributed by atoms with van der Waals surface area (Å²) in [5.74, 6) is 1.33. The van der Waals surface area contributed by atoms with Crippen molar-refractivity contribution in [3.8, 4) is 0 Å². The molecule has 2 aromatic rings. The molecule has 0 aliphatic heterocycles. The summed E-state index contributed by atoms with van der Waals surface area (Å²) in [7, 11) is 0. The molecule has 5 nitrogen and oxygen atoms in total. The third-order valence-electron chi connectivity index (χ3n) is 6.17. The van der Waals surface area contributed by atoms with Crippen molar-refractivity contribution >= 4 is 17.0 Å². The van der Waals surface area contributed by atoms with Gasteiger partial charge in [-0.25, -0.2) is 4.98 Å². The summed E-state index contributed by atoms with van der Waals surface area (Å²) >= 11 is 0. The molecule has 0 bridgehead atoms. The number of carbonyl (C=O) groups is 1. The Kier molecular flexibility index (Phi) is 3.80. The first-order chi connectivity index (χ1) is 12.7. The largest absolute Gasteiger partial charge is 0.336 e. The van der Waals surface area contributed by atoms with Crippen LogP contribution >= 0.6 is 0 Å². The molecule has 0 saturated heterocycles. The highest BCUT2D eigenvalue weighted by Crippen LogP contribution is 2.43. The third kappa shape index (κ3) is 2.81. The van der Waals surface area contributed by atoms with Gasteiger partial charge in [-0.1, -0.05) is 18.5 Å². The van der Waals surface area contributed by atoms with E-state index in [4.69, 9.17) is 9.51 Å². The minimum Gasteiger partial charge on any atom is -0.336 e. The lowest BCUT2D eigenvalue weighted by molar-refractivity contribution is 0.0656. The van der Waals surface area contributed by atoms with Gasteiger partial charge >= 0.3 is 0 Å². The Balaban J connectivity index is 1.60. The number of pyridine rings is 1. The van der Waals surface area contributed by atoms with E-state index in [1.54, 1.807) is 0 Å². The number of fused-ring (bicyclic) bond motifs is 1. The van der Waals surface area contributed by atoms with Gasteiger partial charge in [0.05, 0.1) is 16.6 Å². The van der Waals surface area contributed by atoms with Crippen molar-refractivity contribution < 1.29 is 9.32 Å². The Morgan fingerprint density at radius 3 is 2.65 bits per heavy atom. The molecule has 3 aliphatic carbocycles. The standard InChI is InChI=1S/C21H27N3O2/c1-3-4-17-19-16(11-18(14-7-8-14)22-20(19)26-23-17)21(25)24(15-9-10-15)12(2)13-5-6-13/h11-15H,3-10H2,1-2H3. The monoisotopic (exact) mass is 353 g/mol. The number of hydrogen-bond donors (Lipinski definition) is 0. The first kappa shape index (κ1) is 16.3. The zero-order valence-corrected chi connectivity index (χ0v) is 15.7. The van der Waals surface area contributed by atoms with Gasteiger partial charge in [-0.15, -0.1) is 0 Å². The van der Waals surface area contributed by atoms with E-state index in [2.05, 4.69) is 23.9 Å². The number of nitrogens with zero attached hydrogens (tertiary/aromatic N) is 3. The number of aryl methyl sites for hydroxylation is 1. The predicted octanol–water partition coefficient (Wildman–Crippen LogP) is 4.46. The summed E-state index contributed by atoms with van der Waals surface area (Å²) in [5, 5.41) is 5.11. The van der Waals surface area contributed by atoms with Crippen LogP contribution in [0.25, 0.3) is 11.1 Å². The average Bonchev–Trinajstić information content (AvgIpc) is 3.49. The summed E-state index contributed by atoms with van der Waals surface area (Å²) < 4.78 is 5.56. The van der Waals surface area contributed by atoms with E-state index in [0.29, 0.717) is 29.6 Å². The topological polar surface area (TPSA) is 59.2 Å². The Hall–Kier alpha value is -1.91. The first-order valence-electron chi connectivity index (χ1n) is 10.3. The molecule has 0 N–H and O–H groups in total. The number of amides is 1. The quantitative estimate of drug-likeness (QED) is 0.737. The van der Waals surface area contributed by atoms with E-state index in [9.17, 15) is 4.79 Å². The van der Waals surface area contributed by atoms with E-state index >= 15 is 0 Å². The Labute approximate surface area is 154 Å². The van der Waals surface area contributed by atoms with Crippen LogP contribution in [0.1, 0.15) is 86.5 Å². The second-order valence-corrected chi connectivity index (χ2v) is 8.45. The fraction of sp³-hybridized carbons (Fsp3) is 0.667.